The van der Waals surface area contributed by atoms with Crippen LogP contribution in [0.1, 0.15) is 43.8 Å². The van der Waals surface area contributed by atoms with Crippen molar-refractivity contribution < 1.29 is 19.0 Å². The van der Waals surface area contributed by atoms with E-state index in [1.807, 2.05) is 6.07 Å². The number of aliphatic hydroxyl groups excluding tert-OH is 1. The van der Waals surface area contributed by atoms with Crippen LogP contribution >= 0.6 is 0 Å². The summed E-state index contributed by atoms with van der Waals surface area (Å²) < 4.78 is 16.4. The zero-order valence-electron chi connectivity index (χ0n) is 9.52. The molecule has 0 aliphatic carbocycles. The molecule has 0 radical (unpaired) electrons. The van der Waals surface area contributed by atoms with E-state index in [9.17, 15) is 5.11 Å². The number of furan rings is 1. The van der Waals surface area contributed by atoms with E-state index >= 15 is 0 Å². The van der Waals surface area contributed by atoms with Gasteiger partial charge in [-0.25, -0.2) is 0 Å². The Hall–Kier alpha value is -0.840. The van der Waals surface area contributed by atoms with Gasteiger partial charge in [0.2, 0.25) is 0 Å². The molecule has 2 heterocycles. The average molecular weight is 226 g/mol. The number of hydrogen-bond acceptors (Lipinski definition) is 4. The maximum atomic E-state index is 9.29. The first kappa shape index (κ1) is 11.6. The maximum absolute atomic E-state index is 9.29. The fourth-order valence-electron chi connectivity index (χ4n) is 1.71. The van der Waals surface area contributed by atoms with Gasteiger partial charge in [-0.05, 0) is 38.3 Å². The van der Waals surface area contributed by atoms with Crippen molar-refractivity contribution in [1.29, 1.82) is 0 Å². The lowest BCUT2D eigenvalue weighted by Gasteiger charge is -2.22. The van der Waals surface area contributed by atoms with Crippen LogP contribution in [0.5, 0.6) is 0 Å². The molecule has 1 aliphatic heterocycles. The molecular formula is C12H18O4. The van der Waals surface area contributed by atoms with Crippen molar-refractivity contribution in [1.82, 2.24) is 0 Å². The van der Waals surface area contributed by atoms with Crippen LogP contribution in [0.4, 0.5) is 0 Å². The van der Waals surface area contributed by atoms with Crippen LogP contribution in [0.3, 0.4) is 0 Å². The lowest BCUT2D eigenvalue weighted by atomic mass is 10.2. The van der Waals surface area contributed by atoms with Crippen LogP contribution in [0, 0.1) is 0 Å². The van der Waals surface area contributed by atoms with Gasteiger partial charge < -0.3 is 19.0 Å². The van der Waals surface area contributed by atoms with E-state index < -0.39 is 6.10 Å². The van der Waals surface area contributed by atoms with Crippen molar-refractivity contribution in [3.63, 3.8) is 0 Å². The first-order chi connectivity index (χ1) is 7.75. The Kier molecular flexibility index (Phi) is 3.98. The van der Waals surface area contributed by atoms with Gasteiger partial charge in [-0.2, -0.15) is 0 Å². The lowest BCUT2D eigenvalue weighted by Crippen LogP contribution is -2.21. The number of aliphatic hydroxyl groups is 1. The van der Waals surface area contributed by atoms with Crippen molar-refractivity contribution in [2.24, 2.45) is 0 Å². The minimum atomic E-state index is -0.570. The topological polar surface area (TPSA) is 51.8 Å². The monoisotopic (exact) mass is 226 g/mol. The molecule has 0 amide bonds. The summed E-state index contributed by atoms with van der Waals surface area (Å²) in [6.45, 7) is 2.85. The predicted molar refractivity (Wildman–Crippen MR) is 57.7 cm³/mol. The third kappa shape index (κ3) is 3.07. The quantitative estimate of drug-likeness (QED) is 0.856. The van der Waals surface area contributed by atoms with Gasteiger partial charge >= 0.3 is 0 Å². The highest BCUT2D eigenvalue weighted by molar-refractivity contribution is 5.08. The fraction of sp³-hybridized carbons (Fsp3) is 0.667. The molecule has 0 saturated carbocycles. The molecule has 1 aromatic heterocycles. The standard InChI is InChI=1S/C12H18O4/c1-9(13)11-6-5-10(16-11)8-15-12-4-2-3-7-14-12/h5-6,9,12-13H,2-4,7-8H2,1H3. The van der Waals surface area contributed by atoms with E-state index in [2.05, 4.69) is 0 Å². The molecule has 0 spiro atoms. The van der Waals surface area contributed by atoms with E-state index in [4.69, 9.17) is 13.9 Å². The van der Waals surface area contributed by atoms with Crippen LogP contribution in [-0.2, 0) is 16.1 Å². The highest BCUT2D eigenvalue weighted by Crippen LogP contribution is 2.19. The molecule has 1 N–H and O–H groups in total. The summed E-state index contributed by atoms with van der Waals surface area (Å²) in [7, 11) is 0. The van der Waals surface area contributed by atoms with Crippen LogP contribution in [-0.4, -0.2) is 18.0 Å². The third-order valence-electron chi connectivity index (χ3n) is 2.64. The molecule has 2 atom stereocenters. The average Bonchev–Trinajstić information content (AvgIpc) is 2.76. The van der Waals surface area contributed by atoms with Gasteiger partial charge in [0.1, 0.15) is 24.2 Å². The van der Waals surface area contributed by atoms with Crippen molar-refractivity contribution in [3.05, 3.63) is 23.7 Å². The van der Waals surface area contributed by atoms with E-state index in [-0.39, 0.29) is 6.29 Å². The lowest BCUT2D eigenvalue weighted by molar-refractivity contribution is -0.171. The van der Waals surface area contributed by atoms with Crippen molar-refractivity contribution >= 4 is 0 Å². The van der Waals surface area contributed by atoms with Crippen molar-refractivity contribution in [2.75, 3.05) is 6.61 Å². The Morgan fingerprint density at radius 2 is 2.38 bits per heavy atom. The smallest absolute Gasteiger partial charge is 0.158 e. The molecule has 0 bridgehead atoms. The van der Waals surface area contributed by atoms with Gasteiger partial charge in [0.25, 0.3) is 0 Å². The maximum Gasteiger partial charge on any atom is 0.158 e. The normalized spacial score (nSPS) is 23.2. The zero-order chi connectivity index (χ0) is 11.4. The van der Waals surface area contributed by atoms with Crippen LogP contribution in [0.15, 0.2) is 16.5 Å². The summed E-state index contributed by atoms with van der Waals surface area (Å²) in [6.07, 6.45) is 2.55. The second-order valence-corrected chi connectivity index (χ2v) is 4.09. The number of ether oxygens (including phenoxy) is 2. The molecule has 1 aromatic rings. The van der Waals surface area contributed by atoms with Crippen molar-refractivity contribution in [2.45, 2.75) is 45.2 Å². The summed E-state index contributed by atoms with van der Waals surface area (Å²) in [5, 5.41) is 9.29. The molecule has 1 aliphatic rings. The van der Waals surface area contributed by atoms with Gasteiger partial charge in [0, 0.05) is 6.61 Å². The molecular weight excluding hydrogens is 208 g/mol. The second-order valence-electron chi connectivity index (χ2n) is 4.09. The first-order valence-corrected chi connectivity index (χ1v) is 5.75. The largest absolute Gasteiger partial charge is 0.461 e. The Morgan fingerprint density at radius 1 is 1.50 bits per heavy atom. The summed E-state index contributed by atoms with van der Waals surface area (Å²) in [6, 6.07) is 3.59. The van der Waals surface area contributed by atoms with Gasteiger partial charge in [0.15, 0.2) is 6.29 Å². The van der Waals surface area contributed by atoms with Crippen LogP contribution in [0.2, 0.25) is 0 Å². The highest BCUT2D eigenvalue weighted by Gasteiger charge is 2.15. The molecule has 2 unspecified atom stereocenters. The van der Waals surface area contributed by atoms with Crippen LogP contribution in [0.25, 0.3) is 0 Å². The van der Waals surface area contributed by atoms with Gasteiger partial charge in [0.05, 0.1) is 0 Å². The van der Waals surface area contributed by atoms with Gasteiger partial charge in [-0.3, -0.25) is 0 Å². The molecule has 0 aromatic carbocycles. The van der Waals surface area contributed by atoms with E-state index in [1.54, 1.807) is 13.0 Å². The Balaban J connectivity index is 1.79. The van der Waals surface area contributed by atoms with E-state index in [0.29, 0.717) is 12.4 Å². The molecule has 4 nitrogen and oxygen atoms in total. The number of hydrogen-bond donors (Lipinski definition) is 1. The van der Waals surface area contributed by atoms with Gasteiger partial charge in [-0.1, -0.05) is 0 Å². The minimum absolute atomic E-state index is 0.103. The Morgan fingerprint density at radius 3 is 3.00 bits per heavy atom. The van der Waals surface area contributed by atoms with E-state index in [1.165, 1.54) is 0 Å². The van der Waals surface area contributed by atoms with Crippen molar-refractivity contribution in [3.8, 4) is 0 Å². The molecule has 4 heteroatoms. The summed E-state index contributed by atoms with van der Waals surface area (Å²) in [5.74, 6) is 1.30. The summed E-state index contributed by atoms with van der Waals surface area (Å²) >= 11 is 0. The molecule has 2 rings (SSSR count). The van der Waals surface area contributed by atoms with Gasteiger partial charge in [-0.15, -0.1) is 0 Å². The van der Waals surface area contributed by atoms with Crippen LogP contribution < -0.4 is 0 Å². The summed E-state index contributed by atoms with van der Waals surface area (Å²) in [5.41, 5.74) is 0. The third-order valence-corrected chi connectivity index (χ3v) is 2.64. The summed E-state index contributed by atoms with van der Waals surface area (Å²) in [4.78, 5) is 0. The second kappa shape index (κ2) is 5.48. The highest BCUT2D eigenvalue weighted by atomic mass is 16.7. The first-order valence-electron chi connectivity index (χ1n) is 5.75. The molecule has 90 valence electrons. The Bertz CT molecular complexity index is 313. The minimum Gasteiger partial charge on any atom is -0.461 e. The predicted octanol–water partition coefficient (Wildman–Crippen LogP) is 2.38. The molecule has 1 saturated heterocycles. The fourth-order valence-corrected chi connectivity index (χ4v) is 1.71. The zero-order valence-corrected chi connectivity index (χ0v) is 9.52. The molecule has 1 fully saturated rings. The van der Waals surface area contributed by atoms with E-state index in [0.717, 1.165) is 31.6 Å². The number of rotatable bonds is 4. The molecule has 16 heavy (non-hydrogen) atoms. The Labute approximate surface area is 95.2 Å². The SMILES string of the molecule is CC(O)c1ccc(COC2CCCCO2)o1.